The molecule has 0 spiro atoms. The third-order valence-electron chi connectivity index (χ3n) is 4.04. The Hall–Kier alpha value is -2.71. The van der Waals surface area contributed by atoms with Crippen molar-refractivity contribution in [2.24, 2.45) is 0 Å². The quantitative estimate of drug-likeness (QED) is 0.638. The second kappa shape index (κ2) is 8.79. The molecule has 0 aromatic heterocycles. The van der Waals surface area contributed by atoms with Gasteiger partial charge in [0.15, 0.2) is 5.83 Å². The summed E-state index contributed by atoms with van der Waals surface area (Å²) in [4.78, 5) is 24.2. The fraction of sp³-hybridized carbons (Fsp3) is 0.368. The Morgan fingerprint density at radius 1 is 1.22 bits per heavy atom. The molecule has 1 aromatic rings. The summed E-state index contributed by atoms with van der Waals surface area (Å²) in [6.45, 7) is 1.49. The molecule has 0 saturated carbocycles. The van der Waals surface area contributed by atoms with E-state index in [0.717, 1.165) is 6.08 Å². The summed E-state index contributed by atoms with van der Waals surface area (Å²) in [5, 5.41) is 29.9. The number of phenolic OH excluding ortho intramolecular Hbond substituents is 1. The van der Waals surface area contributed by atoms with Gasteiger partial charge in [0.2, 0.25) is 5.78 Å². The lowest BCUT2D eigenvalue weighted by atomic mass is 10.0. The Kier molecular flexibility index (Phi) is 6.70. The SMILES string of the molecule is COc1cc(O)c2c(c1)/C=C/CC(O)C(O)C(=O)/C(F)=C\CC(C)OC2=O. The molecule has 3 atom stereocenters. The van der Waals surface area contributed by atoms with Gasteiger partial charge in [-0.3, -0.25) is 4.79 Å². The van der Waals surface area contributed by atoms with Gasteiger partial charge >= 0.3 is 5.97 Å². The first-order valence-electron chi connectivity index (χ1n) is 8.29. The van der Waals surface area contributed by atoms with E-state index in [1.807, 2.05) is 0 Å². The summed E-state index contributed by atoms with van der Waals surface area (Å²) in [6, 6.07) is 2.73. The van der Waals surface area contributed by atoms with E-state index in [1.54, 1.807) is 0 Å². The van der Waals surface area contributed by atoms with Crippen molar-refractivity contribution in [3.63, 3.8) is 0 Å². The van der Waals surface area contributed by atoms with Crippen LogP contribution in [0, 0.1) is 0 Å². The van der Waals surface area contributed by atoms with E-state index in [-0.39, 0.29) is 29.7 Å². The fourth-order valence-corrected chi connectivity index (χ4v) is 2.53. The summed E-state index contributed by atoms with van der Waals surface area (Å²) in [7, 11) is 1.39. The monoisotopic (exact) mass is 380 g/mol. The molecule has 7 nitrogen and oxygen atoms in total. The van der Waals surface area contributed by atoms with E-state index in [1.165, 1.54) is 38.3 Å². The van der Waals surface area contributed by atoms with Crippen LogP contribution < -0.4 is 4.74 Å². The van der Waals surface area contributed by atoms with Crippen LogP contribution in [0.1, 0.15) is 35.7 Å². The lowest BCUT2D eigenvalue weighted by Crippen LogP contribution is -2.34. The molecule has 0 bridgehead atoms. The Bertz CT molecular complexity index is 785. The third kappa shape index (κ3) is 4.93. The summed E-state index contributed by atoms with van der Waals surface area (Å²) < 4.78 is 24.1. The zero-order valence-electron chi connectivity index (χ0n) is 14.9. The van der Waals surface area contributed by atoms with Gasteiger partial charge in [-0.15, -0.1) is 0 Å². The Balaban J connectivity index is 2.48. The number of methoxy groups -OCH3 is 1. The van der Waals surface area contributed by atoms with Gasteiger partial charge in [0.05, 0.1) is 13.2 Å². The number of Topliss-reactive ketones (excluding diaryl/α,β-unsaturated/α-hetero) is 1. The smallest absolute Gasteiger partial charge is 0.342 e. The third-order valence-corrected chi connectivity index (χ3v) is 4.04. The van der Waals surface area contributed by atoms with E-state index >= 15 is 0 Å². The number of cyclic esters (lactones) is 1. The van der Waals surface area contributed by atoms with E-state index in [2.05, 4.69) is 0 Å². The number of ketones is 1. The minimum Gasteiger partial charge on any atom is -0.507 e. The molecule has 8 heteroatoms. The predicted octanol–water partition coefficient (Wildman–Crippen LogP) is 1.90. The maximum atomic E-state index is 13.9. The zero-order valence-corrected chi connectivity index (χ0v) is 14.9. The van der Waals surface area contributed by atoms with Crippen molar-refractivity contribution in [3.8, 4) is 11.5 Å². The molecule has 0 radical (unpaired) electrons. The number of halogens is 1. The molecular formula is C19H21FO7. The molecule has 0 fully saturated rings. The second-order valence-electron chi connectivity index (χ2n) is 6.13. The van der Waals surface area contributed by atoms with Crippen LogP contribution in [0.5, 0.6) is 11.5 Å². The largest absolute Gasteiger partial charge is 0.507 e. The average Bonchev–Trinajstić information content (AvgIpc) is 2.63. The lowest BCUT2D eigenvalue weighted by Gasteiger charge is -2.17. The number of phenols is 1. The number of aliphatic hydroxyl groups is 2. The van der Waals surface area contributed by atoms with Crippen LogP contribution in [-0.4, -0.2) is 52.5 Å². The van der Waals surface area contributed by atoms with Crippen molar-refractivity contribution in [1.29, 1.82) is 0 Å². The van der Waals surface area contributed by atoms with Crippen molar-refractivity contribution in [2.75, 3.05) is 7.11 Å². The number of carbonyl (C=O) groups is 2. The highest BCUT2D eigenvalue weighted by Gasteiger charge is 2.27. The van der Waals surface area contributed by atoms with E-state index in [0.29, 0.717) is 5.75 Å². The van der Waals surface area contributed by atoms with E-state index in [9.17, 15) is 29.3 Å². The normalized spacial score (nSPS) is 27.6. The number of hydrogen-bond donors (Lipinski definition) is 3. The molecule has 146 valence electrons. The number of aliphatic hydroxyl groups excluding tert-OH is 2. The minimum absolute atomic E-state index is 0.119. The highest BCUT2D eigenvalue weighted by molar-refractivity contribution is 5.98. The molecule has 3 unspecified atom stereocenters. The average molecular weight is 380 g/mol. The van der Waals surface area contributed by atoms with Gasteiger partial charge in [-0.2, -0.15) is 0 Å². The number of aromatic hydroxyl groups is 1. The molecule has 0 saturated heterocycles. The zero-order chi connectivity index (χ0) is 20.1. The van der Waals surface area contributed by atoms with Crippen molar-refractivity contribution in [3.05, 3.63) is 41.2 Å². The van der Waals surface area contributed by atoms with Gasteiger partial charge in [-0.25, -0.2) is 9.18 Å². The molecule has 1 aromatic carbocycles. The van der Waals surface area contributed by atoms with Gasteiger partial charge < -0.3 is 24.8 Å². The standard InChI is InChI=1S/C19H21FO7/c1-10-6-7-13(20)17(23)18(24)14(21)5-3-4-11-8-12(26-2)9-15(22)16(11)19(25)27-10/h3-4,7-10,14,18,21-22,24H,5-6H2,1-2H3/b4-3+,13-7+. The molecule has 27 heavy (non-hydrogen) atoms. The van der Waals surface area contributed by atoms with Crippen LogP contribution >= 0.6 is 0 Å². The van der Waals surface area contributed by atoms with Crippen molar-refractivity contribution in [2.45, 2.75) is 38.1 Å². The van der Waals surface area contributed by atoms with Gasteiger partial charge in [0, 0.05) is 12.5 Å². The van der Waals surface area contributed by atoms with Crippen LogP contribution in [0.2, 0.25) is 0 Å². The Morgan fingerprint density at radius 2 is 1.93 bits per heavy atom. The highest BCUT2D eigenvalue weighted by Crippen LogP contribution is 2.30. The summed E-state index contributed by atoms with van der Waals surface area (Å²) in [5.74, 6) is -3.38. The topological polar surface area (TPSA) is 113 Å². The van der Waals surface area contributed by atoms with E-state index in [4.69, 9.17) is 9.47 Å². The fourth-order valence-electron chi connectivity index (χ4n) is 2.53. The van der Waals surface area contributed by atoms with Gasteiger partial charge in [0.25, 0.3) is 0 Å². The molecule has 1 aliphatic heterocycles. The van der Waals surface area contributed by atoms with Crippen molar-refractivity contribution >= 4 is 17.8 Å². The molecular weight excluding hydrogens is 359 g/mol. The summed E-state index contributed by atoms with van der Waals surface area (Å²) >= 11 is 0. The van der Waals surface area contributed by atoms with Crippen LogP contribution in [0.3, 0.4) is 0 Å². The van der Waals surface area contributed by atoms with Gasteiger partial charge in [-0.1, -0.05) is 12.2 Å². The van der Waals surface area contributed by atoms with Crippen LogP contribution in [-0.2, 0) is 9.53 Å². The predicted molar refractivity (Wildman–Crippen MR) is 94.0 cm³/mol. The maximum absolute atomic E-state index is 13.9. The summed E-state index contributed by atoms with van der Waals surface area (Å²) in [6.07, 6.45) is -0.929. The van der Waals surface area contributed by atoms with Crippen LogP contribution in [0.25, 0.3) is 6.08 Å². The highest BCUT2D eigenvalue weighted by atomic mass is 19.1. The van der Waals surface area contributed by atoms with E-state index < -0.39 is 35.9 Å². The number of rotatable bonds is 1. The molecule has 0 aliphatic carbocycles. The maximum Gasteiger partial charge on any atom is 0.342 e. The molecule has 1 heterocycles. The number of benzene rings is 1. The van der Waals surface area contributed by atoms with Gasteiger partial charge in [-0.05, 0) is 31.1 Å². The second-order valence-corrected chi connectivity index (χ2v) is 6.13. The minimum atomic E-state index is -1.93. The Morgan fingerprint density at radius 3 is 2.59 bits per heavy atom. The van der Waals surface area contributed by atoms with Gasteiger partial charge in [0.1, 0.15) is 29.3 Å². The molecule has 1 aliphatic rings. The lowest BCUT2D eigenvalue weighted by molar-refractivity contribution is -0.130. The number of ether oxygens (including phenoxy) is 2. The van der Waals surface area contributed by atoms with Crippen LogP contribution in [0.15, 0.2) is 30.1 Å². The number of fused-ring (bicyclic) bond motifs is 1. The molecule has 2 rings (SSSR count). The van der Waals surface area contributed by atoms with Crippen molar-refractivity contribution in [1.82, 2.24) is 0 Å². The number of esters is 1. The number of hydrogen-bond acceptors (Lipinski definition) is 7. The molecule has 0 amide bonds. The summed E-state index contributed by atoms with van der Waals surface area (Å²) in [5.41, 5.74) is 0.141. The first kappa shape index (κ1) is 20.6. The van der Waals surface area contributed by atoms with Crippen LogP contribution in [0.4, 0.5) is 4.39 Å². The molecule has 3 N–H and O–H groups in total. The Labute approximate surface area is 155 Å². The number of carbonyl (C=O) groups excluding carboxylic acids is 2. The first-order valence-corrected chi connectivity index (χ1v) is 8.29. The first-order chi connectivity index (χ1) is 12.7. The van der Waals surface area contributed by atoms with Crippen molar-refractivity contribution < 1.29 is 38.8 Å².